The number of carbonyl (C=O) groups is 1. The molecule has 3 heteroatoms. The van der Waals surface area contributed by atoms with Crippen molar-refractivity contribution in [1.82, 2.24) is 4.90 Å². The zero-order valence-electron chi connectivity index (χ0n) is 22.8. The van der Waals surface area contributed by atoms with Crippen LogP contribution in [0.3, 0.4) is 0 Å². The molecular weight excluding hydrogens is 406 g/mol. The molecule has 1 unspecified atom stereocenters. The first-order valence-corrected chi connectivity index (χ1v) is 14.6. The lowest BCUT2D eigenvalue weighted by atomic mass is 9.91. The SMILES string of the molecule is CCCCCCCCCC(CCCCCCCCC=CCCCCCC(=O)O)CCN(C)C. The van der Waals surface area contributed by atoms with Crippen molar-refractivity contribution in [2.45, 2.75) is 148 Å². The van der Waals surface area contributed by atoms with Crippen molar-refractivity contribution in [2.24, 2.45) is 5.92 Å². The van der Waals surface area contributed by atoms with E-state index < -0.39 is 5.97 Å². The molecule has 0 saturated heterocycles. The van der Waals surface area contributed by atoms with Gasteiger partial charge in [0, 0.05) is 6.42 Å². The molecule has 1 atom stereocenters. The van der Waals surface area contributed by atoms with Gasteiger partial charge in [0.05, 0.1) is 0 Å². The van der Waals surface area contributed by atoms with Crippen LogP contribution in [0.4, 0.5) is 0 Å². The summed E-state index contributed by atoms with van der Waals surface area (Å²) in [5.74, 6) is 0.274. The average Bonchev–Trinajstić information content (AvgIpc) is 2.78. The van der Waals surface area contributed by atoms with Gasteiger partial charge in [0.1, 0.15) is 0 Å². The molecule has 0 rings (SSSR count). The molecule has 0 aromatic rings. The van der Waals surface area contributed by atoms with E-state index in [1.807, 2.05) is 0 Å². The minimum atomic E-state index is -0.668. The van der Waals surface area contributed by atoms with Crippen molar-refractivity contribution in [3.63, 3.8) is 0 Å². The molecule has 0 spiro atoms. The zero-order chi connectivity index (χ0) is 24.4. The van der Waals surface area contributed by atoms with Crippen molar-refractivity contribution >= 4 is 5.97 Å². The van der Waals surface area contributed by atoms with Gasteiger partial charge < -0.3 is 10.0 Å². The quantitative estimate of drug-likeness (QED) is 0.102. The largest absolute Gasteiger partial charge is 0.481 e. The van der Waals surface area contributed by atoms with Crippen LogP contribution in [0.25, 0.3) is 0 Å². The monoisotopic (exact) mass is 465 g/mol. The summed E-state index contributed by atoms with van der Waals surface area (Å²) in [4.78, 5) is 12.8. The van der Waals surface area contributed by atoms with Crippen molar-refractivity contribution in [2.75, 3.05) is 20.6 Å². The van der Waals surface area contributed by atoms with Gasteiger partial charge in [-0.15, -0.1) is 0 Å². The Morgan fingerprint density at radius 3 is 1.61 bits per heavy atom. The molecule has 0 aromatic heterocycles. The van der Waals surface area contributed by atoms with Gasteiger partial charge in [-0.1, -0.05) is 115 Å². The number of carboxylic acids is 1. The van der Waals surface area contributed by atoms with Crippen LogP contribution in [0.5, 0.6) is 0 Å². The number of nitrogens with zero attached hydrogens (tertiary/aromatic N) is 1. The van der Waals surface area contributed by atoms with E-state index >= 15 is 0 Å². The summed E-state index contributed by atoms with van der Waals surface area (Å²) in [6.07, 6.45) is 32.8. The second kappa shape index (κ2) is 25.8. The van der Waals surface area contributed by atoms with Crippen LogP contribution >= 0.6 is 0 Å². The summed E-state index contributed by atoms with van der Waals surface area (Å²) < 4.78 is 0. The maximum Gasteiger partial charge on any atom is 0.303 e. The Hall–Kier alpha value is -0.830. The number of aliphatic carboxylic acids is 1. The average molecular weight is 466 g/mol. The van der Waals surface area contributed by atoms with E-state index in [-0.39, 0.29) is 0 Å². The number of hydrogen-bond acceptors (Lipinski definition) is 2. The van der Waals surface area contributed by atoms with Gasteiger partial charge in [0.2, 0.25) is 0 Å². The van der Waals surface area contributed by atoms with E-state index in [2.05, 4.69) is 38.1 Å². The second-order valence-electron chi connectivity index (χ2n) is 10.5. The van der Waals surface area contributed by atoms with Gasteiger partial charge in [0.15, 0.2) is 0 Å². The summed E-state index contributed by atoms with van der Waals surface area (Å²) >= 11 is 0. The summed E-state index contributed by atoms with van der Waals surface area (Å²) in [6.45, 7) is 3.54. The topological polar surface area (TPSA) is 40.5 Å². The van der Waals surface area contributed by atoms with Crippen LogP contribution in [0, 0.1) is 5.92 Å². The number of hydrogen-bond donors (Lipinski definition) is 1. The van der Waals surface area contributed by atoms with Crippen LogP contribution in [-0.2, 0) is 4.79 Å². The number of allylic oxidation sites excluding steroid dienone is 2. The lowest BCUT2D eigenvalue weighted by Crippen LogP contribution is -2.17. The molecule has 0 saturated carbocycles. The Kier molecular flexibility index (Phi) is 25.1. The first-order valence-electron chi connectivity index (χ1n) is 14.6. The van der Waals surface area contributed by atoms with E-state index in [9.17, 15) is 4.79 Å². The standard InChI is InChI=1S/C30H59NO2/c1-4-5-6-7-15-18-21-24-29(27-28-31(2)3)25-22-19-16-13-11-9-8-10-12-14-17-20-23-26-30(32)33/h10,12,29H,4-9,11,13-28H2,1-3H3,(H,32,33). The Bertz CT molecular complexity index is 433. The minimum Gasteiger partial charge on any atom is -0.481 e. The Labute approximate surface area is 207 Å². The Morgan fingerprint density at radius 2 is 1.12 bits per heavy atom. The van der Waals surface area contributed by atoms with Crippen molar-refractivity contribution < 1.29 is 9.90 Å². The number of unbranched alkanes of at least 4 members (excludes halogenated alkanes) is 15. The second-order valence-corrected chi connectivity index (χ2v) is 10.5. The smallest absolute Gasteiger partial charge is 0.303 e. The third kappa shape index (κ3) is 27.3. The predicted octanol–water partition coefficient (Wildman–Crippen LogP) is 9.41. The fourth-order valence-corrected chi connectivity index (χ4v) is 4.62. The van der Waals surface area contributed by atoms with Gasteiger partial charge in [-0.05, 0) is 65.1 Å². The molecule has 0 fully saturated rings. The number of rotatable bonds is 26. The number of carboxylic acid groups (broad SMARTS) is 1. The Morgan fingerprint density at radius 1 is 0.667 bits per heavy atom. The predicted molar refractivity (Wildman–Crippen MR) is 146 cm³/mol. The van der Waals surface area contributed by atoms with Gasteiger partial charge >= 0.3 is 5.97 Å². The van der Waals surface area contributed by atoms with Gasteiger partial charge in [-0.25, -0.2) is 0 Å². The molecule has 0 bridgehead atoms. The molecule has 0 aliphatic rings. The molecule has 1 N–H and O–H groups in total. The van der Waals surface area contributed by atoms with Crippen molar-refractivity contribution in [3.05, 3.63) is 12.2 Å². The molecule has 33 heavy (non-hydrogen) atoms. The van der Waals surface area contributed by atoms with E-state index in [0.29, 0.717) is 6.42 Å². The van der Waals surface area contributed by atoms with E-state index in [1.165, 1.54) is 116 Å². The highest BCUT2D eigenvalue weighted by atomic mass is 16.4. The fraction of sp³-hybridized carbons (Fsp3) is 0.900. The van der Waals surface area contributed by atoms with Crippen molar-refractivity contribution in [1.29, 1.82) is 0 Å². The van der Waals surface area contributed by atoms with Crippen LogP contribution < -0.4 is 0 Å². The molecule has 3 nitrogen and oxygen atoms in total. The fourth-order valence-electron chi connectivity index (χ4n) is 4.62. The molecule has 0 aromatic carbocycles. The van der Waals surface area contributed by atoms with Crippen LogP contribution in [-0.4, -0.2) is 36.6 Å². The normalized spacial score (nSPS) is 12.7. The van der Waals surface area contributed by atoms with Crippen LogP contribution in [0.15, 0.2) is 12.2 Å². The van der Waals surface area contributed by atoms with Gasteiger partial charge in [-0.2, -0.15) is 0 Å². The molecule has 0 aliphatic heterocycles. The van der Waals surface area contributed by atoms with E-state index in [4.69, 9.17) is 5.11 Å². The van der Waals surface area contributed by atoms with Crippen LogP contribution in [0.2, 0.25) is 0 Å². The molecule has 0 amide bonds. The molecule has 196 valence electrons. The van der Waals surface area contributed by atoms with Gasteiger partial charge in [0.25, 0.3) is 0 Å². The highest BCUT2D eigenvalue weighted by molar-refractivity contribution is 5.66. The van der Waals surface area contributed by atoms with E-state index in [1.54, 1.807) is 0 Å². The molecule has 0 radical (unpaired) electrons. The molecular formula is C30H59NO2. The first-order chi connectivity index (χ1) is 16.1. The van der Waals surface area contributed by atoms with Crippen molar-refractivity contribution in [3.8, 4) is 0 Å². The highest BCUT2D eigenvalue weighted by Gasteiger charge is 2.09. The summed E-state index contributed by atoms with van der Waals surface area (Å²) in [5.41, 5.74) is 0. The third-order valence-electron chi connectivity index (χ3n) is 6.86. The molecule has 0 heterocycles. The first kappa shape index (κ1) is 32.2. The maximum absolute atomic E-state index is 10.5. The maximum atomic E-state index is 10.5. The van der Waals surface area contributed by atoms with E-state index in [0.717, 1.165) is 31.6 Å². The van der Waals surface area contributed by atoms with Crippen LogP contribution in [0.1, 0.15) is 148 Å². The lowest BCUT2D eigenvalue weighted by molar-refractivity contribution is -0.137. The summed E-state index contributed by atoms with van der Waals surface area (Å²) in [6, 6.07) is 0. The third-order valence-corrected chi connectivity index (χ3v) is 6.86. The highest BCUT2D eigenvalue weighted by Crippen LogP contribution is 2.22. The lowest BCUT2D eigenvalue weighted by Gasteiger charge is -2.19. The molecule has 0 aliphatic carbocycles. The minimum absolute atomic E-state index is 0.319. The summed E-state index contributed by atoms with van der Waals surface area (Å²) in [7, 11) is 4.42. The Balaban J connectivity index is 3.61. The zero-order valence-corrected chi connectivity index (χ0v) is 22.8. The summed E-state index contributed by atoms with van der Waals surface area (Å²) in [5, 5.41) is 8.62. The van der Waals surface area contributed by atoms with Gasteiger partial charge in [-0.3, -0.25) is 4.79 Å².